The first-order chi connectivity index (χ1) is 7.72. The predicted molar refractivity (Wildman–Crippen MR) is 64.2 cm³/mol. The standard InChI is InChI=1S/C12H13BrFNO/c1-2-9(6-13)8-16-12-5-3-4-11(14)10(12)7-15/h3-5,9H,2,6,8H2,1H3. The Hall–Kier alpha value is -1.08. The Morgan fingerprint density at radius 1 is 1.56 bits per heavy atom. The van der Waals surface area contributed by atoms with Crippen molar-refractivity contribution in [3.63, 3.8) is 0 Å². The summed E-state index contributed by atoms with van der Waals surface area (Å²) in [4.78, 5) is 0. The smallest absolute Gasteiger partial charge is 0.144 e. The molecule has 0 N–H and O–H groups in total. The topological polar surface area (TPSA) is 33.0 Å². The second-order valence-corrected chi connectivity index (χ2v) is 4.11. The summed E-state index contributed by atoms with van der Waals surface area (Å²) in [6, 6.07) is 6.22. The minimum Gasteiger partial charge on any atom is -0.492 e. The van der Waals surface area contributed by atoms with Crippen molar-refractivity contribution in [2.45, 2.75) is 13.3 Å². The summed E-state index contributed by atoms with van der Waals surface area (Å²) in [5.74, 6) is 0.156. The van der Waals surface area contributed by atoms with Crippen molar-refractivity contribution in [2.75, 3.05) is 11.9 Å². The van der Waals surface area contributed by atoms with Crippen LogP contribution in [0.4, 0.5) is 4.39 Å². The summed E-state index contributed by atoms with van der Waals surface area (Å²) in [5, 5.41) is 9.63. The average molecular weight is 286 g/mol. The minimum atomic E-state index is -0.535. The van der Waals surface area contributed by atoms with Crippen molar-refractivity contribution in [1.29, 1.82) is 5.26 Å². The lowest BCUT2D eigenvalue weighted by atomic mass is 10.1. The van der Waals surface area contributed by atoms with E-state index in [1.807, 2.05) is 6.07 Å². The quantitative estimate of drug-likeness (QED) is 0.776. The predicted octanol–water partition coefficient (Wildman–Crippen LogP) is 3.50. The first kappa shape index (κ1) is 13.0. The van der Waals surface area contributed by atoms with E-state index in [0.717, 1.165) is 11.8 Å². The molecular weight excluding hydrogens is 273 g/mol. The summed E-state index contributed by atoms with van der Waals surface area (Å²) < 4.78 is 18.7. The number of benzene rings is 1. The summed E-state index contributed by atoms with van der Waals surface area (Å²) in [7, 11) is 0. The van der Waals surface area contributed by atoms with Crippen LogP contribution in [0, 0.1) is 23.1 Å². The summed E-state index contributed by atoms with van der Waals surface area (Å²) in [6.07, 6.45) is 0.975. The molecule has 0 aromatic heterocycles. The summed E-state index contributed by atoms with van der Waals surface area (Å²) in [6.45, 7) is 2.55. The molecule has 0 saturated carbocycles. The number of ether oxygens (including phenoxy) is 1. The van der Waals surface area contributed by atoms with Gasteiger partial charge in [0.05, 0.1) is 6.61 Å². The van der Waals surface area contributed by atoms with Gasteiger partial charge in [-0.05, 0) is 18.6 Å². The molecule has 0 aliphatic carbocycles. The lowest BCUT2D eigenvalue weighted by Gasteiger charge is -2.13. The van der Waals surface area contributed by atoms with Gasteiger partial charge in [-0.3, -0.25) is 0 Å². The van der Waals surface area contributed by atoms with E-state index < -0.39 is 5.82 Å². The fourth-order valence-electron chi connectivity index (χ4n) is 1.21. The van der Waals surface area contributed by atoms with Crippen molar-refractivity contribution in [2.24, 2.45) is 5.92 Å². The molecular formula is C12H13BrFNO. The van der Waals surface area contributed by atoms with Gasteiger partial charge in [0.25, 0.3) is 0 Å². The van der Waals surface area contributed by atoms with Crippen molar-refractivity contribution >= 4 is 15.9 Å². The second-order valence-electron chi connectivity index (χ2n) is 3.46. The highest BCUT2D eigenvalue weighted by Gasteiger charge is 2.11. The second kappa shape index (κ2) is 6.49. The van der Waals surface area contributed by atoms with E-state index in [1.165, 1.54) is 6.07 Å². The molecule has 0 aliphatic rings. The Balaban J connectivity index is 2.74. The van der Waals surface area contributed by atoms with Gasteiger partial charge in [-0.25, -0.2) is 4.39 Å². The van der Waals surface area contributed by atoms with E-state index in [9.17, 15) is 4.39 Å². The molecule has 1 unspecified atom stereocenters. The van der Waals surface area contributed by atoms with Crippen LogP contribution in [0.15, 0.2) is 18.2 Å². The third-order valence-electron chi connectivity index (χ3n) is 2.36. The van der Waals surface area contributed by atoms with Gasteiger partial charge < -0.3 is 4.74 Å². The Kier molecular flexibility index (Phi) is 5.27. The summed E-state index contributed by atoms with van der Waals surface area (Å²) >= 11 is 3.38. The molecule has 2 nitrogen and oxygen atoms in total. The fourth-order valence-corrected chi connectivity index (χ4v) is 1.86. The molecule has 1 rings (SSSR count). The van der Waals surface area contributed by atoms with E-state index in [1.54, 1.807) is 12.1 Å². The van der Waals surface area contributed by atoms with Gasteiger partial charge in [-0.1, -0.05) is 28.9 Å². The van der Waals surface area contributed by atoms with Gasteiger partial charge in [0, 0.05) is 11.2 Å². The SMILES string of the molecule is CCC(CBr)COc1cccc(F)c1C#N. The Labute approximate surface area is 103 Å². The third kappa shape index (κ3) is 3.21. The maximum Gasteiger partial charge on any atom is 0.144 e. The monoisotopic (exact) mass is 285 g/mol. The number of nitriles is 1. The van der Waals surface area contributed by atoms with Crippen LogP contribution in [-0.2, 0) is 0 Å². The van der Waals surface area contributed by atoms with Crippen LogP contribution in [0.3, 0.4) is 0 Å². The average Bonchev–Trinajstić information content (AvgIpc) is 2.30. The lowest BCUT2D eigenvalue weighted by Crippen LogP contribution is -2.13. The van der Waals surface area contributed by atoms with Crippen molar-refractivity contribution < 1.29 is 9.13 Å². The van der Waals surface area contributed by atoms with E-state index in [2.05, 4.69) is 22.9 Å². The fraction of sp³-hybridized carbons (Fsp3) is 0.417. The molecule has 0 bridgehead atoms. The van der Waals surface area contributed by atoms with E-state index in [-0.39, 0.29) is 5.56 Å². The number of hydrogen-bond donors (Lipinski definition) is 0. The van der Waals surface area contributed by atoms with Crippen molar-refractivity contribution in [3.8, 4) is 11.8 Å². The Morgan fingerprint density at radius 2 is 2.31 bits per heavy atom. The third-order valence-corrected chi connectivity index (χ3v) is 3.27. The van der Waals surface area contributed by atoms with E-state index in [4.69, 9.17) is 10.00 Å². The lowest BCUT2D eigenvalue weighted by molar-refractivity contribution is 0.258. The number of alkyl halides is 1. The molecule has 4 heteroatoms. The molecule has 0 heterocycles. The molecule has 0 aliphatic heterocycles. The number of hydrogen-bond acceptors (Lipinski definition) is 2. The normalized spacial score (nSPS) is 11.9. The van der Waals surface area contributed by atoms with Crippen LogP contribution in [-0.4, -0.2) is 11.9 Å². The van der Waals surface area contributed by atoms with Gasteiger partial charge in [0.1, 0.15) is 23.2 Å². The highest BCUT2D eigenvalue weighted by atomic mass is 79.9. The Morgan fingerprint density at radius 3 is 2.88 bits per heavy atom. The zero-order valence-corrected chi connectivity index (χ0v) is 10.6. The van der Waals surface area contributed by atoms with Crippen LogP contribution < -0.4 is 4.74 Å². The molecule has 86 valence electrons. The zero-order chi connectivity index (χ0) is 12.0. The molecule has 1 aromatic rings. The number of nitrogens with zero attached hydrogens (tertiary/aromatic N) is 1. The molecule has 1 aromatic carbocycles. The zero-order valence-electron chi connectivity index (χ0n) is 9.04. The van der Waals surface area contributed by atoms with Gasteiger partial charge in [-0.15, -0.1) is 0 Å². The van der Waals surface area contributed by atoms with Crippen LogP contribution >= 0.6 is 15.9 Å². The van der Waals surface area contributed by atoms with Gasteiger partial charge >= 0.3 is 0 Å². The molecule has 0 amide bonds. The largest absolute Gasteiger partial charge is 0.492 e. The van der Waals surface area contributed by atoms with Gasteiger partial charge in [0.15, 0.2) is 0 Å². The summed E-state index contributed by atoms with van der Waals surface area (Å²) in [5.41, 5.74) is -0.0214. The maximum atomic E-state index is 13.2. The molecule has 1 atom stereocenters. The van der Waals surface area contributed by atoms with Gasteiger partial charge in [0.2, 0.25) is 0 Å². The minimum absolute atomic E-state index is 0.0214. The molecule has 0 radical (unpaired) electrons. The van der Waals surface area contributed by atoms with E-state index >= 15 is 0 Å². The van der Waals surface area contributed by atoms with Crippen LogP contribution in [0.25, 0.3) is 0 Å². The first-order valence-electron chi connectivity index (χ1n) is 5.10. The first-order valence-corrected chi connectivity index (χ1v) is 6.22. The molecule has 0 fully saturated rings. The molecule has 16 heavy (non-hydrogen) atoms. The highest BCUT2D eigenvalue weighted by Crippen LogP contribution is 2.21. The van der Waals surface area contributed by atoms with Gasteiger partial charge in [-0.2, -0.15) is 5.26 Å². The maximum absolute atomic E-state index is 13.2. The van der Waals surface area contributed by atoms with Crippen molar-refractivity contribution in [1.82, 2.24) is 0 Å². The van der Waals surface area contributed by atoms with E-state index in [0.29, 0.717) is 18.3 Å². The number of halogens is 2. The molecule has 0 saturated heterocycles. The van der Waals surface area contributed by atoms with Crippen molar-refractivity contribution in [3.05, 3.63) is 29.6 Å². The number of rotatable bonds is 5. The van der Waals surface area contributed by atoms with Crippen LogP contribution in [0.5, 0.6) is 5.75 Å². The Bertz CT molecular complexity index is 385. The van der Waals surface area contributed by atoms with Crippen LogP contribution in [0.2, 0.25) is 0 Å². The van der Waals surface area contributed by atoms with Crippen LogP contribution in [0.1, 0.15) is 18.9 Å². The highest BCUT2D eigenvalue weighted by molar-refractivity contribution is 9.09. The molecule has 0 spiro atoms.